The summed E-state index contributed by atoms with van der Waals surface area (Å²) in [5.41, 5.74) is 6.79. The summed E-state index contributed by atoms with van der Waals surface area (Å²) in [4.78, 5) is 16.7. The highest BCUT2D eigenvalue weighted by Gasteiger charge is 2.45. The quantitative estimate of drug-likeness (QED) is 0.736. The van der Waals surface area contributed by atoms with Crippen LogP contribution in [0.15, 0.2) is 29.2 Å². The molecular weight excluding hydrogens is 344 g/mol. The number of aryl methyl sites for hydroxylation is 1. The molecular formula is C21H32N2O2S. The number of hydrogen-bond acceptors (Lipinski definition) is 4. The first-order chi connectivity index (χ1) is 12.6. The molecule has 0 spiro atoms. The zero-order chi connectivity index (χ0) is 18.4. The molecule has 0 radical (unpaired) electrons. The molecule has 1 heterocycles. The van der Waals surface area contributed by atoms with E-state index in [4.69, 9.17) is 10.5 Å². The molecule has 5 heteroatoms. The Bertz CT molecular complexity index is 576. The Morgan fingerprint density at radius 2 is 1.88 bits per heavy atom. The molecule has 4 nitrogen and oxygen atoms in total. The Hall–Kier alpha value is -1.04. The van der Waals surface area contributed by atoms with Gasteiger partial charge in [-0.05, 0) is 57.7 Å². The molecule has 1 saturated heterocycles. The summed E-state index contributed by atoms with van der Waals surface area (Å²) in [5.74, 6) is 0.348. The summed E-state index contributed by atoms with van der Waals surface area (Å²) in [7, 11) is 0. The van der Waals surface area contributed by atoms with Crippen molar-refractivity contribution in [2.45, 2.75) is 67.6 Å². The largest absolute Gasteiger partial charge is 0.378 e. The Labute approximate surface area is 161 Å². The number of carbonyl (C=O) groups is 1. The van der Waals surface area contributed by atoms with Crippen molar-refractivity contribution in [1.82, 2.24) is 4.90 Å². The monoisotopic (exact) mass is 376 g/mol. The van der Waals surface area contributed by atoms with Crippen LogP contribution in [0.5, 0.6) is 0 Å². The maximum atomic E-state index is 13.4. The second-order valence-corrected chi connectivity index (χ2v) is 9.08. The zero-order valence-corrected chi connectivity index (χ0v) is 16.7. The van der Waals surface area contributed by atoms with Gasteiger partial charge < -0.3 is 15.4 Å². The lowest BCUT2D eigenvalue weighted by molar-refractivity contribution is -0.136. The molecule has 1 aliphatic heterocycles. The summed E-state index contributed by atoms with van der Waals surface area (Å²) in [6.45, 7) is 5.16. The van der Waals surface area contributed by atoms with E-state index in [2.05, 4.69) is 36.1 Å². The number of nitrogens with zero attached hydrogens (tertiary/aromatic N) is 1. The predicted molar refractivity (Wildman–Crippen MR) is 107 cm³/mol. The molecule has 1 aromatic rings. The van der Waals surface area contributed by atoms with Crippen molar-refractivity contribution in [2.24, 2.45) is 5.73 Å². The maximum Gasteiger partial charge on any atom is 0.239 e. The lowest BCUT2D eigenvalue weighted by Crippen LogP contribution is -2.49. The molecule has 0 atom stereocenters. The topological polar surface area (TPSA) is 55.6 Å². The summed E-state index contributed by atoms with van der Waals surface area (Å²) < 4.78 is 5.62. The third-order valence-corrected chi connectivity index (χ3v) is 7.05. The smallest absolute Gasteiger partial charge is 0.239 e. The third-order valence-electron chi connectivity index (χ3n) is 5.57. The van der Waals surface area contributed by atoms with Crippen LogP contribution in [0.4, 0.5) is 0 Å². The minimum atomic E-state index is -0.261. The summed E-state index contributed by atoms with van der Waals surface area (Å²) in [5, 5.41) is 0. The van der Waals surface area contributed by atoms with Gasteiger partial charge in [0.05, 0.1) is 10.9 Å². The van der Waals surface area contributed by atoms with E-state index in [9.17, 15) is 4.79 Å². The van der Waals surface area contributed by atoms with Gasteiger partial charge in [-0.15, -0.1) is 11.8 Å². The molecule has 144 valence electrons. The van der Waals surface area contributed by atoms with Gasteiger partial charge in [-0.2, -0.15) is 0 Å². The molecule has 1 amide bonds. The van der Waals surface area contributed by atoms with Crippen LogP contribution in [0.2, 0.25) is 0 Å². The van der Waals surface area contributed by atoms with E-state index in [0.29, 0.717) is 12.5 Å². The van der Waals surface area contributed by atoms with Crippen molar-refractivity contribution < 1.29 is 9.53 Å². The summed E-state index contributed by atoms with van der Waals surface area (Å²) in [6.07, 6.45) is 7.40. The van der Waals surface area contributed by atoms with Crippen LogP contribution >= 0.6 is 11.8 Å². The second-order valence-electron chi connectivity index (χ2n) is 7.62. The number of rotatable bonds is 7. The number of ether oxygens (including phenoxy) is 1. The number of benzene rings is 1. The molecule has 2 aliphatic rings. The highest BCUT2D eigenvalue weighted by molar-refractivity contribution is 8.01. The zero-order valence-electron chi connectivity index (χ0n) is 15.9. The molecule has 1 aliphatic carbocycles. The average molecular weight is 377 g/mol. The highest BCUT2D eigenvalue weighted by atomic mass is 32.2. The number of nitrogens with two attached hydrogens (primary N) is 1. The van der Waals surface area contributed by atoms with Crippen molar-refractivity contribution in [3.05, 3.63) is 29.8 Å². The SMILES string of the molecule is Cc1ccc(SC2(C(=O)N3CCC(OCCCN)CC3)CCCC2)cc1. The molecule has 0 bridgehead atoms. The Balaban J connectivity index is 1.60. The van der Waals surface area contributed by atoms with Crippen LogP contribution in [0, 0.1) is 6.92 Å². The van der Waals surface area contributed by atoms with E-state index in [-0.39, 0.29) is 10.9 Å². The van der Waals surface area contributed by atoms with E-state index < -0.39 is 0 Å². The summed E-state index contributed by atoms with van der Waals surface area (Å²) in [6, 6.07) is 8.59. The fourth-order valence-electron chi connectivity index (χ4n) is 3.98. The van der Waals surface area contributed by atoms with Crippen molar-refractivity contribution >= 4 is 17.7 Å². The van der Waals surface area contributed by atoms with Gasteiger partial charge in [0, 0.05) is 24.6 Å². The number of amides is 1. The third kappa shape index (κ3) is 4.81. The van der Waals surface area contributed by atoms with Gasteiger partial charge >= 0.3 is 0 Å². The van der Waals surface area contributed by atoms with Crippen LogP contribution in [0.1, 0.15) is 50.5 Å². The standard InChI is InChI=1S/C21H32N2O2S/c1-17-5-7-19(8-6-17)26-21(11-2-3-12-21)20(24)23-14-9-18(10-15-23)25-16-4-13-22/h5-8,18H,2-4,9-16,22H2,1H3. The van der Waals surface area contributed by atoms with Gasteiger partial charge in [0.25, 0.3) is 0 Å². The average Bonchev–Trinajstić information content (AvgIpc) is 3.13. The van der Waals surface area contributed by atoms with Crippen LogP contribution in [-0.2, 0) is 9.53 Å². The maximum absolute atomic E-state index is 13.4. The Morgan fingerprint density at radius 3 is 2.50 bits per heavy atom. The van der Waals surface area contributed by atoms with Crippen LogP contribution < -0.4 is 5.73 Å². The van der Waals surface area contributed by atoms with Crippen LogP contribution in [-0.4, -0.2) is 47.9 Å². The number of piperidine rings is 1. The first-order valence-corrected chi connectivity index (χ1v) is 10.8. The fraction of sp³-hybridized carbons (Fsp3) is 0.667. The molecule has 0 unspecified atom stereocenters. The Kier molecular flexibility index (Phi) is 7.01. The number of thioether (sulfide) groups is 1. The molecule has 2 fully saturated rings. The molecule has 2 N–H and O–H groups in total. The first-order valence-electron chi connectivity index (χ1n) is 10.00. The van der Waals surface area contributed by atoms with Gasteiger partial charge in [0.1, 0.15) is 0 Å². The lowest BCUT2D eigenvalue weighted by Gasteiger charge is -2.38. The van der Waals surface area contributed by atoms with Crippen molar-refractivity contribution in [1.29, 1.82) is 0 Å². The fourth-order valence-corrected chi connectivity index (χ4v) is 5.42. The number of likely N-dealkylation sites (tertiary alicyclic amines) is 1. The minimum Gasteiger partial charge on any atom is -0.378 e. The second kappa shape index (κ2) is 9.25. The van der Waals surface area contributed by atoms with Gasteiger partial charge in [-0.1, -0.05) is 30.5 Å². The van der Waals surface area contributed by atoms with Gasteiger partial charge in [0.15, 0.2) is 0 Å². The number of hydrogen-bond donors (Lipinski definition) is 1. The molecule has 26 heavy (non-hydrogen) atoms. The van der Waals surface area contributed by atoms with E-state index in [1.807, 2.05) is 0 Å². The van der Waals surface area contributed by atoms with E-state index in [1.165, 1.54) is 10.5 Å². The molecule has 1 saturated carbocycles. The predicted octanol–water partition coefficient (Wildman–Crippen LogP) is 3.76. The molecule has 1 aromatic carbocycles. The van der Waals surface area contributed by atoms with Crippen LogP contribution in [0.25, 0.3) is 0 Å². The Morgan fingerprint density at radius 1 is 1.23 bits per heavy atom. The van der Waals surface area contributed by atoms with E-state index in [0.717, 1.165) is 64.6 Å². The molecule has 0 aromatic heterocycles. The number of carbonyl (C=O) groups excluding carboxylic acids is 1. The summed E-state index contributed by atoms with van der Waals surface area (Å²) >= 11 is 1.79. The van der Waals surface area contributed by atoms with Crippen molar-refractivity contribution in [3.63, 3.8) is 0 Å². The van der Waals surface area contributed by atoms with Crippen LogP contribution in [0.3, 0.4) is 0 Å². The van der Waals surface area contributed by atoms with Crippen molar-refractivity contribution in [2.75, 3.05) is 26.2 Å². The van der Waals surface area contributed by atoms with Gasteiger partial charge in [-0.3, -0.25) is 4.79 Å². The minimum absolute atomic E-state index is 0.261. The van der Waals surface area contributed by atoms with E-state index >= 15 is 0 Å². The first kappa shape index (κ1) is 19.7. The van der Waals surface area contributed by atoms with E-state index in [1.54, 1.807) is 11.8 Å². The molecule has 3 rings (SSSR count). The highest BCUT2D eigenvalue weighted by Crippen LogP contribution is 2.46. The normalized spacial score (nSPS) is 20.5. The van der Waals surface area contributed by atoms with Gasteiger partial charge in [-0.25, -0.2) is 0 Å². The van der Waals surface area contributed by atoms with Gasteiger partial charge in [0.2, 0.25) is 5.91 Å². The lowest BCUT2D eigenvalue weighted by atomic mass is 10.0. The van der Waals surface area contributed by atoms with Crippen molar-refractivity contribution in [3.8, 4) is 0 Å².